The fourth-order valence-electron chi connectivity index (χ4n) is 2.53. The molecule has 1 atom stereocenters. The zero-order valence-electron chi connectivity index (χ0n) is 9.46. The third-order valence-corrected chi connectivity index (χ3v) is 3.41. The van der Waals surface area contributed by atoms with Gasteiger partial charge >= 0.3 is 0 Å². The Kier molecular flexibility index (Phi) is 2.70. The van der Waals surface area contributed by atoms with Crippen LogP contribution in [-0.4, -0.2) is 18.2 Å². The summed E-state index contributed by atoms with van der Waals surface area (Å²) in [5.41, 5.74) is 1.54. The van der Waals surface area contributed by atoms with E-state index in [-0.39, 0.29) is 5.41 Å². The van der Waals surface area contributed by atoms with Gasteiger partial charge in [0.05, 0.1) is 0 Å². The van der Waals surface area contributed by atoms with Crippen molar-refractivity contribution < 1.29 is 5.11 Å². The van der Waals surface area contributed by atoms with E-state index in [0.29, 0.717) is 11.7 Å². The lowest BCUT2D eigenvalue weighted by Crippen LogP contribution is -2.41. The molecule has 2 heteroatoms. The average Bonchev–Trinajstić information content (AvgIpc) is 2.17. The fraction of sp³-hybridized carbons (Fsp3) is 0.538. The highest BCUT2D eigenvalue weighted by molar-refractivity contribution is 5.31. The van der Waals surface area contributed by atoms with E-state index in [1.165, 1.54) is 5.56 Å². The van der Waals surface area contributed by atoms with Crippen LogP contribution in [0.4, 0.5) is 0 Å². The standard InChI is InChI=1S/C13H19NO/c1-13(2)9-14-7-6-12(13)10-4-3-5-11(15)8-10/h3-5,8,12,14-15H,6-7,9H2,1-2H3/t12-/m1/s1. The van der Waals surface area contributed by atoms with Crippen LogP contribution in [0.1, 0.15) is 31.7 Å². The summed E-state index contributed by atoms with van der Waals surface area (Å²) in [6, 6.07) is 7.69. The van der Waals surface area contributed by atoms with Gasteiger partial charge in [-0.25, -0.2) is 0 Å². The van der Waals surface area contributed by atoms with Crippen LogP contribution in [0.5, 0.6) is 5.75 Å². The van der Waals surface area contributed by atoms with Crippen molar-refractivity contribution in [2.75, 3.05) is 13.1 Å². The molecule has 15 heavy (non-hydrogen) atoms. The summed E-state index contributed by atoms with van der Waals surface area (Å²) in [7, 11) is 0. The SMILES string of the molecule is CC1(C)CNCC[C@@H]1c1cccc(O)c1. The number of piperidine rings is 1. The van der Waals surface area contributed by atoms with Crippen LogP contribution in [0.3, 0.4) is 0 Å². The molecule has 1 saturated heterocycles. The molecule has 0 aromatic heterocycles. The van der Waals surface area contributed by atoms with Gasteiger partial charge in [-0.2, -0.15) is 0 Å². The molecule has 1 aromatic rings. The highest BCUT2D eigenvalue weighted by Crippen LogP contribution is 2.40. The van der Waals surface area contributed by atoms with Crippen molar-refractivity contribution in [3.8, 4) is 5.75 Å². The Morgan fingerprint density at radius 3 is 2.87 bits per heavy atom. The molecule has 0 radical (unpaired) electrons. The zero-order chi connectivity index (χ0) is 10.9. The molecule has 2 N–H and O–H groups in total. The van der Waals surface area contributed by atoms with Gasteiger partial charge in [0.1, 0.15) is 5.75 Å². The molecule has 1 aromatic carbocycles. The normalized spacial score (nSPS) is 25.1. The predicted octanol–water partition coefficient (Wildman–Crippen LogP) is 2.50. The molecule has 2 nitrogen and oxygen atoms in total. The lowest BCUT2D eigenvalue weighted by Gasteiger charge is -2.39. The quantitative estimate of drug-likeness (QED) is 0.738. The van der Waals surface area contributed by atoms with Crippen LogP contribution >= 0.6 is 0 Å². The second-order valence-electron chi connectivity index (χ2n) is 5.10. The summed E-state index contributed by atoms with van der Waals surface area (Å²) in [6.07, 6.45) is 1.15. The first-order valence-corrected chi connectivity index (χ1v) is 5.59. The number of rotatable bonds is 1. The van der Waals surface area contributed by atoms with E-state index in [9.17, 15) is 5.11 Å². The van der Waals surface area contributed by atoms with Gasteiger partial charge < -0.3 is 10.4 Å². The summed E-state index contributed by atoms with van der Waals surface area (Å²) >= 11 is 0. The van der Waals surface area contributed by atoms with Crippen molar-refractivity contribution in [2.45, 2.75) is 26.2 Å². The molecule has 0 spiro atoms. The highest BCUT2D eigenvalue weighted by Gasteiger charge is 2.33. The van der Waals surface area contributed by atoms with Gasteiger partial charge in [-0.05, 0) is 42.0 Å². The maximum atomic E-state index is 9.50. The molecule has 0 saturated carbocycles. The number of benzene rings is 1. The molecule has 1 fully saturated rings. The number of aromatic hydroxyl groups is 1. The lowest BCUT2D eigenvalue weighted by atomic mass is 9.71. The Hall–Kier alpha value is -1.02. The topological polar surface area (TPSA) is 32.3 Å². The Morgan fingerprint density at radius 2 is 2.20 bits per heavy atom. The molecular weight excluding hydrogens is 186 g/mol. The van der Waals surface area contributed by atoms with Crippen LogP contribution in [-0.2, 0) is 0 Å². The Morgan fingerprint density at radius 1 is 1.40 bits per heavy atom. The van der Waals surface area contributed by atoms with Crippen molar-refractivity contribution in [3.63, 3.8) is 0 Å². The van der Waals surface area contributed by atoms with E-state index in [4.69, 9.17) is 0 Å². The highest BCUT2D eigenvalue weighted by atomic mass is 16.3. The number of hydrogen-bond donors (Lipinski definition) is 2. The van der Waals surface area contributed by atoms with Crippen molar-refractivity contribution >= 4 is 0 Å². The molecular formula is C13H19NO. The van der Waals surface area contributed by atoms with E-state index in [2.05, 4.69) is 25.2 Å². The van der Waals surface area contributed by atoms with Gasteiger partial charge in [-0.1, -0.05) is 26.0 Å². The zero-order valence-corrected chi connectivity index (χ0v) is 9.46. The molecule has 0 aliphatic carbocycles. The number of hydrogen-bond acceptors (Lipinski definition) is 2. The van der Waals surface area contributed by atoms with Gasteiger partial charge in [0, 0.05) is 6.54 Å². The summed E-state index contributed by atoms with van der Waals surface area (Å²) in [5, 5.41) is 12.9. The second kappa shape index (κ2) is 3.86. The fourth-order valence-corrected chi connectivity index (χ4v) is 2.53. The summed E-state index contributed by atoms with van der Waals surface area (Å²) in [6.45, 7) is 6.69. The molecule has 1 aliphatic heterocycles. The summed E-state index contributed by atoms with van der Waals surface area (Å²) in [4.78, 5) is 0. The minimum atomic E-state index is 0.270. The maximum absolute atomic E-state index is 9.50. The van der Waals surface area contributed by atoms with Crippen molar-refractivity contribution in [1.82, 2.24) is 5.32 Å². The molecule has 82 valence electrons. The third kappa shape index (κ3) is 2.15. The van der Waals surface area contributed by atoms with Gasteiger partial charge in [-0.3, -0.25) is 0 Å². The Labute approximate surface area is 91.3 Å². The minimum absolute atomic E-state index is 0.270. The Balaban J connectivity index is 2.29. The van der Waals surface area contributed by atoms with Gasteiger partial charge in [0.25, 0.3) is 0 Å². The summed E-state index contributed by atoms with van der Waals surface area (Å²) < 4.78 is 0. The largest absolute Gasteiger partial charge is 0.508 e. The monoisotopic (exact) mass is 205 g/mol. The van der Waals surface area contributed by atoms with Crippen molar-refractivity contribution in [3.05, 3.63) is 29.8 Å². The summed E-state index contributed by atoms with van der Waals surface area (Å²) in [5.74, 6) is 0.924. The molecule has 0 unspecified atom stereocenters. The third-order valence-electron chi connectivity index (χ3n) is 3.41. The van der Waals surface area contributed by atoms with E-state index < -0.39 is 0 Å². The van der Waals surface area contributed by atoms with Crippen LogP contribution in [0, 0.1) is 5.41 Å². The second-order valence-corrected chi connectivity index (χ2v) is 5.10. The molecule has 0 bridgehead atoms. The molecule has 2 rings (SSSR count). The minimum Gasteiger partial charge on any atom is -0.508 e. The van der Waals surface area contributed by atoms with Gasteiger partial charge in [-0.15, -0.1) is 0 Å². The van der Waals surface area contributed by atoms with E-state index >= 15 is 0 Å². The van der Waals surface area contributed by atoms with E-state index in [0.717, 1.165) is 19.5 Å². The van der Waals surface area contributed by atoms with Crippen molar-refractivity contribution in [2.24, 2.45) is 5.41 Å². The number of phenolic OH excluding ortho intramolecular Hbond substituents is 1. The van der Waals surface area contributed by atoms with Crippen LogP contribution in [0.15, 0.2) is 24.3 Å². The van der Waals surface area contributed by atoms with Gasteiger partial charge in [0.15, 0.2) is 0 Å². The van der Waals surface area contributed by atoms with Gasteiger partial charge in [0.2, 0.25) is 0 Å². The van der Waals surface area contributed by atoms with E-state index in [1.54, 1.807) is 6.07 Å². The predicted molar refractivity (Wildman–Crippen MR) is 62.1 cm³/mol. The molecule has 0 amide bonds. The lowest BCUT2D eigenvalue weighted by molar-refractivity contribution is 0.219. The average molecular weight is 205 g/mol. The first-order chi connectivity index (χ1) is 7.09. The number of phenols is 1. The smallest absolute Gasteiger partial charge is 0.115 e. The first kappa shape index (κ1) is 10.5. The molecule has 1 aliphatic rings. The Bertz CT molecular complexity index is 346. The van der Waals surface area contributed by atoms with E-state index in [1.807, 2.05) is 12.1 Å². The molecule has 1 heterocycles. The number of nitrogens with one attached hydrogen (secondary N) is 1. The van der Waals surface area contributed by atoms with Crippen LogP contribution in [0.2, 0.25) is 0 Å². The maximum Gasteiger partial charge on any atom is 0.115 e. The van der Waals surface area contributed by atoms with Crippen molar-refractivity contribution in [1.29, 1.82) is 0 Å². The van der Waals surface area contributed by atoms with Crippen LogP contribution < -0.4 is 5.32 Å². The first-order valence-electron chi connectivity index (χ1n) is 5.59. The van der Waals surface area contributed by atoms with Crippen LogP contribution in [0.25, 0.3) is 0 Å².